The Hall–Kier alpha value is -2.66. The summed E-state index contributed by atoms with van der Waals surface area (Å²) in [4.78, 5) is 36.1. The normalized spacial score (nSPS) is 19.1. The van der Waals surface area contributed by atoms with E-state index in [9.17, 15) is 22.8 Å². The van der Waals surface area contributed by atoms with Crippen LogP contribution < -0.4 is 5.32 Å². The predicted octanol–water partition coefficient (Wildman–Crippen LogP) is 1.36. The lowest BCUT2D eigenvalue weighted by atomic mass is 9.95. The van der Waals surface area contributed by atoms with Crippen molar-refractivity contribution >= 4 is 28.3 Å². The zero-order valence-electron chi connectivity index (χ0n) is 17.3. The lowest BCUT2D eigenvalue weighted by Crippen LogP contribution is -2.71. The van der Waals surface area contributed by atoms with E-state index in [1.165, 1.54) is 20.8 Å². The molecule has 166 valence electrons. The van der Waals surface area contributed by atoms with Crippen LogP contribution in [0.3, 0.4) is 0 Å². The van der Waals surface area contributed by atoms with Gasteiger partial charge >= 0.3 is 22.4 Å². The maximum absolute atomic E-state index is 12.4. The molecule has 1 fully saturated rings. The van der Waals surface area contributed by atoms with E-state index in [0.29, 0.717) is 4.31 Å². The summed E-state index contributed by atoms with van der Waals surface area (Å²) in [6.07, 6.45) is -0.842. The van der Waals surface area contributed by atoms with Crippen LogP contribution in [0.4, 0.5) is 4.79 Å². The molecule has 1 aromatic carbocycles. The van der Waals surface area contributed by atoms with Crippen LogP contribution in [-0.4, -0.2) is 56.0 Å². The van der Waals surface area contributed by atoms with Crippen LogP contribution in [0.2, 0.25) is 0 Å². The number of carbonyl (C=O) groups excluding carboxylic acids is 3. The summed E-state index contributed by atoms with van der Waals surface area (Å²) in [7, 11) is -4.44. The van der Waals surface area contributed by atoms with Gasteiger partial charge in [-0.05, 0) is 33.3 Å². The number of esters is 1. The Labute approximate surface area is 175 Å². The van der Waals surface area contributed by atoms with E-state index < -0.39 is 52.4 Å². The molecule has 0 bridgehead atoms. The molecule has 1 aliphatic rings. The summed E-state index contributed by atoms with van der Waals surface area (Å²) in [6.45, 7) is 5.66. The first-order valence-electron chi connectivity index (χ1n) is 9.36. The molecule has 0 spiro atoms. The second-order valence-corrected chi connectivity index (χ2v) is 8.87. The minimum Gasteiger partial charge on any atom is -0.466 e. The Kier molecular flexibility index (Phi) is 7.43. The average molecular weight is 442 g/mol. The number of alkyl carbamates (subject to hydrolysis) is 1. The first-order valence-corrected chi connectivity index (χ1v) is 10.7. The molecule has 11 heteroatoms. The Morgan fingerprint density at radius 3 is 2.37 bits per heavy atom. The van der Waals surface area contributed by atoms with Crippen LogP contribution in [0.5, 0.6) is 0 Å². The van der Waals surface area contributed by atoms with Crippen molar-refractivity contribution in [1.82, 2.24) is 9.62 Å². The number of hydrogen-bond donors (Lipinski definition) is 1. The summed E-state index contributed by atoms with van der Waals surface area (Å²) in [5.41, 5.74) is -0.457. The van der Waals surface area contributed by atoms with E-state index in [2.05, 4.69) is 5.32 Å². The van der Waals surface area contributed by atoms with Gasteiger partial charge in [-0.1, -0.05) is 30.3 Å². The molecule has 2 amide bonds. The third-order valence-electron chi connectivity index (χ3n) is 4.46. The summed E-state index contributed by atoms with van der Waals surface area (Å²) in [5, 5.41) is 2.35. The van der Waals surface area contributed by atoms with Crippen molar-refractivity contribution in [2.24, 2.45) is 5.41 Å². The highest BCUT2D eigenvalue weighted by molar-refractivity contribution is 7.85. The van der Waals surface area contributed by atoms with Gasteiger partial charge in [-0.2, -0.15) is 8.42 Å². The van der Waals surface area contributed by atoms with Gasteiger partial charge in [0.2, 0.25) is 0 Å². The van der Waals surface area contributed by atoms with Crippen LogP contribution in [0, 0.1) is 5.41 Å². The minimum atomic E-state index is -4.44. The standard InChI is InChI=1S/C19H26N2O8S/c1-5-27-17(23)19(3,4)12-29-30(25,26)21-13(2)15(16(21)22)20-18(24)28-11-14-9-7-6-8-10-14/h6-10,13,15H,5,11-12H2,1-4H3,(H,20,24)/t13-,15-/m0/s1. The number of rotatable bonds is 9. The summed E-state index contributed by atoms with van der Waals surface area (Å²) in [6, 6.07) is 7.01. The van der Waals surface area contributed by atoms with Crippen molar-refractivity contribution in [2.45, 2.75) is 46.4 Å². The van der Waals surface area contributed by atoms with Crippen molar-refractivity contribution in [3.63, 3.8) is 0 Å². The van der Waals surface area contributed by atoms with E-state index in [-0.39, 0.29) is 13.2 Å². The summed E-state index contributed by atoms with van der Waals surface area (Å²) in [5.74, 6) is -1.48. The van der Waals surface area contributed by atoms with Crippen LogP contribution in [0.15, 0.2) is 30.3 Å². The van der Waals surface area contributed by atoms with Gasteiger partial charge in [0.1, 0.15) is 12.6 Å². The molecule has 1 saturated heterocycles. The van der Waals surface area contributed by atoms with E-state index in [1.54, 1.807) is 31.2 Å². The SMILES string of the molecule is CCOC(=O)C(C)(C)COS(=O)(=O)N1C(=O)[C@@H](NC(=O)OCc2ccccc2)[C@@H]1C. The van der Waals surface area contributed by atoms with E-state index >= 15 is 0 Å². The molecule has 0 aromatic heterocycles. The van der Waals surface area contributed by atoms with E-state index in [1.807, 2.05) is 6.07 Å². The van der Waals surface area contributed by atoms with Crippen molar-refractivity contribution in [3.05, 3.63) is 35.9 Å². The molecule has 0 aliphatic carbocycles. The molecule has 0 radical (unpaired) electrons. The maximum Gasteiger partial charge on any atom is 0.408 e. The van der Waals surface area contributed by atoms with Gasteiger partial charge < -0.3 is 14.8 Å². The molecular weight excluding hydrogens is 416 g/mol. The third kappa shape index (κ3) is 5.48. The molecule has 1 aliphatic heterocycles. The fourth-order valence-electron chi connectivity index (χ4n) is 2.65. The molecular formula is C19H26N2O8S. The smallest absolute Gasteiger partial charge is 0.408 e. The van der Waals surface area contributed by atoms with Crippen molar-refractivity contribution in [1.29, 1.82) is 0 Å². The van der Waals surface area contributed by atoms with E-state index in [4.69, 9.17) is 13.7 Å². The number of ether oxygens (including phenoxy) is 2. The Balaban J connectivity index is 1.89. The topological polar surface area (TPSA) is 128 Å². The molecule has 30 heavy (non-hydrogen) atoms. The van der Waals surface area contributed by atoms with Gasteiger partial charge in [-0.25, -0.2) is 9.10 Å². The molecule has 2 atom stereocenters. The first kappa shape index (κ1) is 23.6. The molecule has 0 saturated carbocycles. The predicted molar refractivity (Wildman–Crippen MR) is 105 cm³/mol. The quantitative estimate of drug-likeness (QED) is 0.448. The minimum absolute atomic E-state index is 0.00995. The summed E-state index contributed by atoms with van der Waals surface area (Å²) >= 11 is 0. The largest absolute Gasteiger partial charge is 0.466 e. The van der Waals surface area contributed by atoms with Gasteiger partial charge in [0.15, 0.2) is 0 Å². The number of amides is 2. The Morgan fingerprint density at radius 2 is 1.80 bits per heavy atom. The zero-order chi connectivity index (χ0) is 22.5. The maximum atomic E-state index is 12.4. The van der Waals surface area contributed by atoms with Crippen molar-refractivity contribution in [3.8, 4) is 0 Å². The fourth-order valence-corrected chi connectivity index (χ4v) is 4.07. The van der Waals surface area contributed by atoms with Gasteiger partial charge in [-0.15, -0.1) is 0 Å². The number of nitrogens with zero attached hydrogens (tertiary/aromatic N) is 1. The lowest BCUT2D eigenvalue weighted by molar-refractivity contribution is -0.155. The van der Waals surface area contributed by atoms with Gasteiger partial charge in [-0.3, -0.25) is 13.8 Å². The van der Waals surface area contributed by atoms with Crippen LogP contribution in [-0.2, 0) is 40.2 Å². The highest BCUT2D eigenvalue weighted by Gasteiger charge is 2.53. The zero-order valence-corrected chi connectivity index (χ0v) is 18.1. The van der Waals surface area contributed by atoms with Crippen LogP contribution in [0.25, 0.3) is 0 Å². The number of nitrogens with one attached hydrogen (secondary N) is 1. The highest BCUT2D eigenvalue weighted by Crippen LogP contribution is 2.27. The molecule has 1 N–H and O–H groups in total. The molecule has 2 rings (SSSR count). The van der Waals surface area contributed by atoms with Gasteiger partial charge in [0.25, 0.3) is 5.91 Å². The molecule has 1 heterocycles. The second kappa shape index (κ2) is 9.43. The molecule has 10 nitrogen and oxygen atoms in total. The van der Waals surface area contributed by atoms with Gasteiger partial charge in [0.05, 0.1) is 24.7 Å². The van der Waals surface area contributed by atoms with Crippen LogP contribution in [0.1, 0.15) is 33.3 Å². The monoisotopic (exact) mass is 442 g/mol. The van der Waals surface area contributed by atoms with Crippen LogP contribution >= 0.6 is 0 Å². The van der Waals surface area contributed by atoms with Crippen molar-refractivity contribution < 1.29 is 36.5 Å². The fraction of sp³-hybridized carbons (Fsp3) is 0.526. The van der Waals surface area contributed by atoms with Gasteiger partial charge in [0, 0.05) is 0 Å². The second-order valence-electron chi connectivity index (χ2n) is 7.38. The highest BCUT2D eigenvalue weighted by atomic mass is 32.2. The van der Waals surface area contributed by atoms with Crippen molar-refractivity contribution in [2.75, 3.05) is 13.2 Å². The number of carbonyl (C=O) groups is 3. The first-order chi connectivity index (χ1) is 14.0. The lowest BCUT2D eigenvalue weighted by Gasteiger charge is -2.43. The summed E-state index contributed by atoms with van der Waals surface area (Å²) < 4.78 is 40.1. The Morgan fingerprint density at radius 1 is 1.17 bits per heavy atom. The molecule has 1 aromatic rings. The molecule has 0 unspecified atom stereocenters. The van der Waals surface area contributed by atoms with E-state index in [0.717, 1.165) is 5.56 Å². The third-order valence-corrected chi connectivity index (χ3v) is 5.87. The number of benzene rings is 1. The average Bonchev–Trinajstić information content (AvgIpc) is 2.70. The number of β-lactam (4-membered cyclic amide) rings is 1. The number of hydrogen-bond acceptors (Lipinski definition) is 8. The Bertz CT molecular complexity index is 885.